The van der Waals surface area contributed by atoms with Gasteiger partial charge in [0.15, 0.2) is 12.3 Å². The lowest BCUT2D eigenvalue weighted by molar-refractivity contribution is -0.123. The van der Waals surface area contributed by atoms with Crippen LogP contribution in [-0.4, -0.2) is 28.6 Å². The average molecular weight is 338 g/mol. The summed E-state index contributed by atoms with van der Waals surface area (Å²) in [6, 6.07) is 13.0. The summed E-state index contributed by atoms with van der Waals surface area (Å²) >= 11 is 0. The molecule has 1 heterocycles. The number of benzene rings is 2. The molecule has 7 nitrogen and oxygen atoms in total. The minimum atomic E-state index is -0.499. The number of carbonyl (C=O) groups is 2. The highest BCUT2D eigenvalue weighted by molar-refractivity contribution is 6.05. The molecule has 0 saturated heterocycles. The van der Waals surface area contributed by atoms with Gasteiger partial charge in [0.1, 0.15) is 5.75 Å². The van der Waals surface area contributed by atoms with Crippen LogP contribution in [0.5, 0.6) is 5.75 Å². The van der Waals surface area contributed by atoms with Crippen LogP contribution in [0.3, 0.4) is 0 Å². The topological polar surface area (TPSA) is 96.1 Å². The third-order valence-electron chi connectivity index (χ3n) is 3.61. The number of carbonyl (C=O) groups excluding carboxylic acids is 2. The quantitative estimate of drug-likeness (QED) is 0.634. The van der Waals surface area contributed by atoms with E-state index in [-0.39, 0.29) is 12.3 Å². The van der Waals surface area contributed by atoms with Crippen molar-refractivity contribution in [2.75, 3.05) is 6.61 Å². The number of nitrogens with one attached hydrogen (secondary N) is 3. The highest BCUT2D eigenvalue weighted by Gasteiger charge is 2.15. The molecule has 3 aromatic rings. The summed E-state index contributed by atoms with van der Waals surface area (Å²) in [4.78, 5) is 24.0. The molecule has 25 heavy (non-hydrogen) atoms. The molecule has 0 bridgehead atoms. The summed E-state index contributed by atoms with van der Waals surface area (Å²) in [5.74, 6) is -0.373. The summed E-state index contributed by atoms with van der Waals surface area (Å²) in [6.45, 7) is 3.66. The van der Waals surface area contributed by atoms with Gasteiger partial charge < -0.3 is 4.74 Å². The van der Waals surface area contributed by atoms with E-state index in [2.05, 4.69) is 21.0 Å². The van der Waals surface area contributed by atoms with Crippen LogP contribution in [0.4, 0.5) is 0 Å². The van der Waals surface area contributed by atoms with E-state index in [9.17, 15) is 9.59 Å². The summed E-state index contributed by atoms with van der Waals surface area (Å²) in [5.41, 5.74) is 7.68. The molecule has 0 aliphatic heterocycles. The van der Waals surface area contributed by atoms with Gasteiger partial charge in [0.2, 0.25) is 0 Å². The van der Waals surface area contributed by atoms with E-state index in [1.54, 1.807) is 6.07 Å². The van der Waals surface area contributed by atoms with Crippen molar-refractivity contribution in [1.29, 1.82) is 0 Å². The number of hydrogen-bond donors (Lipinski definition) is 3. The molecular weight excluding hydrogens is 320 g/mol. The van der Waals surface area contributed by atoms with Gasteiger partial charge in [0.05, 0.1) is 5.52 Å². The Morgan fingerprint density at radius 3 is 2.68 bits per heavy atom. The van der Waals surface area contributed by atoms with Crippen LogP contribution in [0, 0.1) is 13.8 Å². The van der Waals surface area contributed by atoms with Crippen molar-refractivity contribution in [3.05, 3.63) is 59.3 Å². The zero-order chi connectivity index (χ0) is 17.8. The van der Waals surface area contributed by atoms with Crippen LogP contribution in [-0.2, 0) is 4.79 Å². The number of H-pyrrole nitrogens is 1. The Kier molecular flexibility index (Phi) is 4.65. The number of aromatic nitrogens is 2. The van der Waals surface area contributed by atoms with E-state index >= 15 is 0 Å². The maximum absolute atomic E-state index is 12.2. The van der Waals surface area contributed by atoms with Crippen molar-refractivity contribution in [3.63, 3.8) is 0 Å². The Bertz CT molecular complexity index is 933. The molecular formula is C18H18N4O3. The zero-order valence-electron chi connectivity index (χ0n) is 13.9. The molecule has 0 aliphatic carbocycles. The molecule has 128 valence electrons. The van der Waals surface area contributed by atoms with E-state index in [1.165, 1.54) is 0 Å². The maximum atomic E-state index is 12.2. The van der Waals surface area contributed by atoms with E-state index < -0.39 is 11.8 Å². The number of fused-ring (bicyclic) bond motifs is 1. The Balaban J connectivity index is 1.56. The number of hydrogen-bond acceptors (Lipinski definition) is 4. The van der Waals surface area contributed by atoms with Crippen LogP contribution in [0.15, 0.2) is 42.5 Å². The third-order valence-corrected chi connectivity index (χ3v) is 3.61. The molecule has 0 spiro atoms. The fourth-order valence-corrected chi connectivity index (χ4v) is 2.38. The molecule has 0 aliphatic rings. The van der Waals surface area contributed by atoms with E-state index in [1.807, 2.05) is 50.2 Å². The first-order valence-electron chi connectivity index (χ1n) is 7.76. The second-order valence-corrected chi connectivity index (χ2v) is 5.73. The zero-order valence-corrected chi connectivity index (χ0v) is 13.9. The van der Waals surface area contributed by atoms with Gasteiger partial charge in [0.25, 0.3) is 11.8 Å². The van der Waals surface area contributed by atoms with Gasteiger partial charge in [0, 0.05) is 5.39 Å². The van der Waals surface area contributed by atoms with Crippen molar-refractivity contribution in [2.45, 2.75) is 13.8 Å². The second-order valence-electron chi connectivity index (χ2n) is 5.73. The first-order chi connectivity index (χ1) is 12.0. The molecule has 1 aromatic heterocycles. The maximum Gasteiger partial charge on any atom is 0.290 e. The molecule has 3 rings (SSSR count). The number of aryl methyl sites for hydroxylation is 2. The molecule has 0 unspecified atom stereocenters. The van der Waals surface area contributed by atoms with E-state index in [0.717, 1.165) is 16.6 Å². The Labute approximate surface area is 144 Å². The first kappa shape index (κ1) is 16.5. The van der Waals surface area contributed by atoms with Crippen LogP contribution >= 0.6 is 0 Å². The predicted molar refractivity (Wildman–Crippen MR) is 93.1 cm³/mol. The van der Waals surface area contributed by atoms with Gasteiger partial charge in [-0.05, 0) is 43.7 Å². The van der Waals surface area contributed by atoms with Crippen molar-refractivity contribution in [1.82, 2.24) is 21.0 Å². The monoisotopic (exact) mass is 338 g/mol. The van der Waals surface area contributed by atoms with Crippen LogP contribution in [0.25, 0.3) is 10.9 Å². The molecule has 2 amide bonds. The number of hydrazine groups is 1. The highest BCUT2D eigenvalue weighted by Crippen LogP contribution is 2.17. The number of aromatic amines is 1. The highest BCUT2D eigenvalue weighted by atomic mass is 16.5. The van der Waals surface area contributed by atoms with E-state index in [0.29, 0.717) is 11.1 Å². The standard InChI is InChI=1S/C18H18N4O3/c1-11-4-3-5-13(8-11)25-10-16(23)20-22-18(24)17-14-9-12(2)6-7-15(14)19-21-17/h3-9H,10H2,1-2H3,(H,19,21)(H,20,23)(H,22,24). The summed E-state index contributed by atoms with van der Waals surface area (Å²) < 4.78 is 5.37. The molecule has 0 fully saturated rings. The lowest BCUT2D eigenvalue weighted by atomic mass is 10.1. The number of amides is 2. The van der Waals surface area contributed by atoms with Crippen molar-refractivity contribution >= 4 is 22.7 Å². The fourth-order valence-electron chi connectivity index (χ4n) is 2.38. The third kappa shape index (κ3) is 3.95. The van der Waals surface area contributed by atoms with E-state index in [4.69, 9.17) is 4.74 Å². The summed E-state index contributed by atoms with van der Waals surface area (Å²) in [5, 5.41) is 7.48. The summed E-state index contributed by atoms with van der Waals surface area (Å²) in [6.07, 6.45) is 0. The van der Waals surface area contributed by atoms with Crippen LogP contribution < -0.4 is 15.6 Å². The molecule has 0 saturated carbocycles. The fraction of sp³-hybridized carbons (Fsp3) is 0.167. The number of ether oxygens (including phenoxy) is 1. The number of rotatable bonds is 4. The van der Waals surface area contributed by atoms with Gasteiger partial charge in [-0.3, -0.25) is 25.5 Å². The lowest BCUT2D eigenvalue weighted by Gasteiger charge is -2.08. The second kappa shape index (κ2) is 7.04. The van der Waals surface area contributed by atoms with Gasteiger partial charge >= 0.3 is 0 Å². The van der Waals surface area contributed by atoms with Crippen LogP contribution in [0.1, 0.15) is 21.6 Å². The predicted octanol–water partition coefficient (Wildman–Crippen LogP) is 2.02. The van der Waals surface area contributed by atoms with Crippen molar-refractivity contribution in [2.24, 2.45) is 0 Å². The van der Waals surface area contributed by atoms with Crippen molar-refractivity contribution in [3.8, 4) is 5.75 Å². The SMILES string of the molecule is Cc1cccc(OCC(=O)NNC(=O)c2n[nH]c3ccc(C)cc23)c1. The normalized spacial score (nSPS) is 10.5. The smallest absolute Gasteiger partial charge is 0.290 e. The Hall–Kier alpha value is -3.35. The minimum Gasteiger partial charge on any atom is -0.484 e. The van der Waals surface area contributed by atoms with Crippen LogP contribution in [0.2, 0.25) is 0 Å². The molecule has 0 radical (unpaired) electrons. The van der Waals surface area contributed by atoms with Gasteiger partial charge in [-0.1, -0.05) is 23.8 Å². The van der Waals surface area contributed by atoms with Gasteiger partial charge in [-0.25, -0.2) is 0 Å². The summed E-state index contributed by atoms with van der Waals surface area (Å²) in [7, 11) is 0. The molecule has 0 atom stereocenters. The molecule has 7 heteroatoms. The largest absolute Gasteiger partial charge is 0.484 e. The van der Waals surface area contributed by atoms with Crippen molar-refractivity contribution < 1.29 is 14.3 Å². The lowest BCUT2D eigenvalue weighted by Crippen LogP contribution is -2.44. The molecule has 3 N–H and O–H groups in total. The molecule has 2 aromatic carbocycles. The van der Waals surface area contributed by atoms with Gasteiger partial charge in [-0.2, -0.15) is 5.10 Å². The number of nitrogens with zero attached hydrogens (tertiary/aromatic N) is 1. The average Bonchev–Trinajstić information content (AvgIpc) is 3.01. The minimum absolute atomic E-state index is 0.204. The first-order valence-corrected chi connectivity index (χ1v) is 7.76. The Morgan fingerprint density at radius 1 is 1.08 bits per heavy atom. The Morgan fingerprint density at radius 2 is 1.88 bits per heavy atom. The van der Waals surface area contributed by atoms with Gasteiger partial charge in [-0.15, -0.1) is 0 Å².